The van der Waals surface area contributed by atoms with Crippen molar-refractivity contribution in [2.24, 2.45) is 0 Å². The van der Waals surface area contributed by atoms with E-state index in [2.05, 4.69) is 10.1 Å². The summed E-state index contributed by atoms with van der Waals surface area (Å²) in [6, 6.07) is 5.79. The molecule has 4 rings (SSSR count). The van der Waals surface area contributed by atoms with Gasteiger partial charge in [0.1, 0.15) is 5.82 Å². The lowest BCUT2D eigenvalue weighted by molar-refractivity contribution is -0.134. The maximum absolute atomic E-state index is 14.1. The Morgan fingerprint density at radius 2 is 2.10 bits per heavy atom. The average Bonchev–Trinajstić information content (AvgIpc) is 3.42. The summed E-state index contributed by atoms with van der Waals surface area (Å²) >= 11 is 0.903. The van der Waals surface area contributed by atoms with Crippen LogP contribution in [0.1, 0.15) is 28.4 Å². The molecule has 0 spiro atoms. The standard InChI is InChI=1S/C19H19FN4O5S2/c1-11-18(30-19(21-11)29-2)31(27,28)24-8-12-7-23(9-16(12)22-24)17(26)14(10-25)13-5-3-4-6-15(13)20/h3-6,8,14,25H,7,9-10H2,1-2H3/t14-/m1/s1. The molecule has 12 heteroatoms. The number of nitrogens with zero attached hydrogens (tertiary/aromatic N) is 4. The zero-order valence-corrected chi connectivity index (χ0v) is 18.3. The molecule has 2 aromatic heterocycles. The number of thiazole rings is 1. The average molecular weight is 467 g/mol. The molecule has 164 valence electrons. The van der Waals surface area contributed by atoms with Gasteiger partial charge in [-0.25, -0.2) is 9.37 Å². The number of hydrogen-bond donors (Lipinski definition) is 1. The Labute approximate surface area is 181 Å². The predicted molar refractivity (Wildman–Crippen MR) is 109 cm³/mol. The van der Waals surface area contributed by atoms with Crippen LogP contribution < -0.4 is 4.74 Å². The SMILES string of the molecule is COc1nc(C)c(S(=O)(=O)n2cc3c(n2)CN(C(=O)[C@H](CO)c2ccccc2F)C3)s1. The van der Waals surface area contributed by atoms with Crippen LogP contribution in [0.25, 0.3) is 0 Å². The van der Waals surface area contributed by atoms with E-state index in [1.54, 1.807) is 13.0 Å². The molecule has 0 unspecified atom stereocenters. The van der Waals surface area contributed by atoms with Gasteiger partial charge in [-0.05, 0) is 13.0 Å². The second-order valence-electron chi connectivity index (χ2n) is 6.99. The Hall–Kier alpha value is -2.83. The second kappa shape index (κ2) is 8.02. The maximum Gasteiger partial charge on any atom is 0.294 e. The number of aryl methyl sites for hydroxylation is 1. The van der Waals surface area contributed by atoms with Crippen LogP contribution in [0.2, 0.25) is 0 Å². The summed E-state index contributed by atoms with van der Waals surface area (Å²) in [4.78, 5) is 18.4. The summed E-state index contributed by atoms with van der Waals surface area (Å²) < 4.78 is 45.9. The van der Waals surface area contributed by atoms with Gasteiger partial charge in [-0.1, -0.05) is 29.5 Å². The maximum atomic E-state index is 14.1. The van der Waals surface area contributed by atoms with Crippen molar-refractivity contribution in [3.8, 4) is 5.19 Å². The molecule has 0 radical (unpaired) electrons. The number of halogens is 1. The van der Waals surface area contributed by atoms with E-state index in [1.165, 1.54) is 36.4 Å². The van der Waals surface area contributed by atoms with Crippen molar-refractivity contribution >= 4 is 27.3 Å². The van der Waals surface area contributed by atoms with Gasteiger partial charge in [-0.3, -0.25) is 4.79 Å². The van der Waals surface area contributed by atoms with Gasteiger partial charge < -0.3 is 14.7 Å². The van der Waals surface area contributed by atoms with E-state index in [1.807, 2.05) is 0 Å². The smallest absolute Gasteiger partial charge is 0.294 e. The number of benzene rings is 1. The zero-order valence-electron chi connectivity index (χ0n) is 16.6. The number of ether oxygens (including phenoxy) is 1. The fourth-order valence-electron chi connectivity index (χ4n) is 3.46. The van der Waals surface area contributed by atoms with E-state index in [-0.39, 0.29) is 28.1 Å². The van der Waals surface area contributed by atoms with Gasteiger partial charge in [-0.15, -0.1) is 0 Å². The van der Waals surface area contributed by atoms with Gasteiger partial charge in [-0.2, -0.15) is 17.6 Å². The highest BCUT2D eigenvalue weighted by atomic mass is 32.2. The molecule has 0 saturated heterocycles. The molecule has 1 N–H and O–H groups in total. The minimum atomic E-state index is -3.96. The van der Waals surface area contributed by atoms with Crippen molar-refractivity contribution in [2.75, 3.05) is 13.7 Å². The Morgan fingerprint density at radius 1 is 1.35 bits per heavy atom. The summed E-state index contributed by atoms with van der Waals surface area (Å²) in [6.45, 7) is 1.20. The van der Waals surface area contributed by atoms with Gasteiger partial charge in [0.25, 0.3) is 15.2 Å². The zero-order chi connectivity index (χ0) is 22.3. The summed E-state index contributed by atoms with van der Waals surface area (Å²) in [6.07, 6.45) is 1.36. The minimum Gasteiger partial charge on any atom is -0.473 e. The number of fused-ring (bicyclic) bond motifs is 1. The minimum absolute atomic E-state index is 0.0263. The van der Waals surface area contributed by atoms with E-state index >= 15 is 0 Å². The Bertz CT molecular complexity index is 1230. The van der Waals surface area contributed by atoms with Crippen molar-refractivity contribution in [3.63, 3.8) is 0 Å². The second-order valence-corrected chi connectivity index (χ2v) is 9.94. The van der Waals surface area contributed by atoms with Gasteiger partial charge in [0.2, 0.25) is 5.91 Å². The fraction of sp³-hybridized carbons (Fsp3) is 0.316. The molecule has 3 aromatic rings. The third-order valence-electron chi connectivity index (χ3n) is 5.02. The van der Waals surface area contributed by atoms with Crippen LogP contribution >= 0.6 is 11.3 Å². The fourth-order valence-corrected chi connectivity index (χ4v) is 6.01. The first-order valence-electron chi connectivity index (χ1n) is 9.24. The molecule has 0 fully saturated rings. The number of methoxy groups -OCH3 is 1. The van der Waals surface area contributed by atoms with Crippen molar-refractivity contribution in [1.29, 1.82) is 0 Å². The first-order chi connectivity index (χ1) is 14.8. The summed E-state index contributed by atoms with van der Waals surface area (Å²) in [7, 11) is -2.55. The lowest BCUT2D eigenvalue weighted by Gasteiger charge is -2.22. The molecule has 1 aromatic carbocycles. The molecule has 1 amide bonds. The summed E-state index contributed by atoms with van der Waals surface area (Å²) in [5.74, 6) is -2.07. The molecule has 9 nitrogen and oxygen atoms in total. The van der Waals surface area contributed by atoms with Gasteiger partial charge in [0, 0.05) is 23.9 Å². The van der Waals surface area contributed by atoms with E-state index in [0.29, 0.717) is 17.0 Å². The van der Waals surface area contributed by atoms with Crippen molar-refractivity contribution in [1.82, 2.24) is 19.1 Å². The van der Waals surface area contributed by atoms with Crippen LogP contribution in [0, 0.1) is 12.7 Å². The molecule has 1 aliphatic rings. The molecule has 1 aliphatic heterocycles. The largest absolute Gasteiger partial charge is 0.473 e. The lowest BCUT2D eigenvalue weighted by Crippen LogP contribution is -2.33. The number of aliphatic hydroxyl groups excluding tert-OH is 1. The molecule has 0 bridgehead atoms. The van der Waals surface area contributed by atoms with Crippen LogP contribution in [0.4, 0.5) is 4.39 Å². The topological polar surface area (TPSA) is 115 Å². The van der Waals surface area contributed by atoms with Gasteiger partial charge >= 0.3 is 0 Å². The highest BCUT2D eigenvalue weighted by Crippen LogP contribution is 2.32. The van der Waals surface area contributed by atoms with Crippen LogP contribution in [0.5, 0.6) is 5.19 Å². The number of carbonyl (C=O) groups excluding carboxylic acids is 1. The first kappa shape index (κ1) is 21.4. The van der Waals surface area contributed by atoms with Crippen LogP contribution in [-0.2, 0) is 27.9 Å². The highest BCUT2D eigenvalue weighted by Gasteiger charge is 2.34. The quantitative estimate of drug-likeness (QED) is 0.587. The molecule has 31 heavy (non-hydrogen) atoms. The van der Waals surface area contributed by atoms with E-state index in [4.69, 9.17) is 4.74 Å². The molecular weight excluding hydrogens is 447 g/mol. The molecule has 0 aliphatic carbocycles. The first-order valence-corrected chi connectivity index (χ1v) is 11.5. The Morgan fingerprint density at radius 3 is 2.71 bits per heavy atom. The van der Waals surface area contributed by atoms with Crippen LogP contribution in [-0.4, -0.2) is 52.2 Å². The van der Waals surface area contributed by atoms with Crippen LogP contribution in [0.15, 0.2) is 34.7 Å². The number of hydrogen-bond acceptors (Lipinski definition) is 8. The van der Waals surface area contributed by atoms with E-state index < -0.39 is 34.3 Å². The number of amides is 1. The van der Waals surface area contributed by atoms with Crippen molar-refractivity contribution in [2.45, 2.75) is 30.1 Å². The summed E-state index contributed by atoms with van der Waals surface area (Å²) in [5.41, 5.74) is 1.42. The van der Waals surface area contributed by atoms with E-state index in [0.717, 1.165) is 15.4 Å². The lowest BCUT2D eigenvalue weighted by atomic mass is 9.98. The van der Waals surface area contributed by atoms with Crippen LogP contribution in [0.3, 0.4) is 0 Å². The number of rotatable bonds is 6. The third-order valence-corrected chi connectivity index (χ3v) is 8.26. The summed E-state index contributed by atoms with van der Waals surface area (Å²) in [5, 5.41) is 14.1. The van der Waals surface area contributed by atoms with Gasteiger partial charge in [0.05, 0.1) is 37.6 Å². The highest BCUT2D eigenvalue weighted by molar-refractivity contribution is 7.92. The number of aromatic nitrogens is 3. The Balaban J connectivity index is 1.56. The third kappa shape index (κ3) is 3.70. The molecule has 3 heterocycles. The van der Waals surface area contributed by atoms with Crippen molar-refractivity contribution in [3.05, 3.63) is 58.8 Å². The Kier molecular flexibility index (Phi) is 5.54. The number of carbonyl (C=O) groups is 1. The van der Waals surface area contributed by atoms with Crippen molar-refractivity contribution < 1.29 is 27.4 Å². The number of aliphatic hydroxyl groups is 1. The van der Waals surface area contributed by atoms with Gasteiger partial charge in [0.15, 0.2) is 4.21 Å². The van der Waals surface area contributed by atoms with E-state index in [9.17, 15) is 22.7 Å². The normalized spacial score (nSPS) is 14.5. The molecule has 1 atom stereocenters. The molecule has 0 saturated carbocycles. The molecular formula is C19H19FN4O5S2. The monoisotopic (exact) mass is 466 g/mol. The predicted octanol–water partition coefficient (Wildman–Crippen LogP) is 1.65.